The lowest BCUT2D eigenvalue weighted by molar-refractivity contribution is 0.0933. The molecule has 0 saturated carbocycles. The van der Waals surface area contributed by atoms with Gasteiger partial charge in [0, 0.05) is 12.7 Å². The Bertz CT molecular complexity index is 905. The SMILES string of the molecule is CCCCCCOc1ccc(C(=O)NNC(=S)NC(=O)c2ccccc2OCCOC)cc1. The molecule has 0 fully saturated rings. The molecule has 0 saturated heterocycles. The van der Waals surface area contributed by atoms with Gasteiger partial charge in [0.15, 0.2) is 5.11 Å². The summed E-state index contributed by atoms with van der Waals surface area (Å²) in [5.74, 6) is 0.260. The quantitative estimate of drug-likeness (QED) is 0.246. The lowest BCUT2D eigenvalue weighted by Gasteiger charge is -2.13. The Hall–Kier alpha value is -3.17. The third-order valence-electron chi connectivity index (χ3n) is 4.58. The summed E-state index contributed by atoms with van der Waals surface area (Å²) < 4.78 is 16.2. The van der Waals surface area contributed by atoms with Crippen molar-refractivity contribution in [3.8, 4) is 11.5 Å². The molecule has 0 bridgehead atoms. The number of benzene rings is 2. The van der Waals surface area contributed by atoms with E-state index in [9.17, 15) is 9.59 Å². The third-order valence-corrected chi connectivity index (χ3v) is 4.78. The molecule has 0 aliphatic carbocycles. The van der Waals surface area contributed by atoms with Gasteiger partial charge in [-0.05, 0) is 55.0 Å². The van der Waals surface area contributed by atoms with E-state index < -0.39 is 11.8 Å². The van der Waals surface area contributed by atoms with Gasteiger partial charge in [0.05, 0.1) is 18.8 Å². The molecule has 178 valence electrons. The number of unbranched alkanes of at least 4 members (excludes halogenated alkanes) is 3. The second-order valence-electron chi connectivity index (χ2n) is 7.13. The van der Waals surface area contributed by atoms with Crippen LogP contribution in [0.1, 0.15) is 53.3 Å². The number of carbonyl (C=O) groups is 2. The number of rotatable bonds is 12. The number of methoxy groups -OCH3 is 1. The summed E-state index contributed by atoms with van der Waals surface area (Å²) in [7, 11) is 1.57. The van der Waals surface area contributed by atoms with E-state index in [1.807, 2.05) is 0 Å². The number of hydrogen-bond acceptors (Lipinski definition) is 6. The molecule has 0 heterocycles. The Morgan fingerprint density at radius 1 is 0.848 bits per heavy atom. The molecular weight excluding hydrogens is 442 g/mol. The summed E-state index contributed by atoms with van der Waals surface area (Å²) in [6.45, 7) is 3.53. The summed E-state index contributed by atoms with van der Waals surface area (Å²) in [5.41, 5.74) is 5.73. The van der Waals surface area contributed by atoms with Gasteiger partial charge < -0.3 is 14.2 Å². The van der Waals surface area contributed by atoms with Crippen molar-refractivity contribution in [2.45, 2.75) is 32.6 Å². The van der Waals surface area contributed by atoms with E-state index >= 15 is 0 Å². The zero-order valence-electron chi connectivity index (χ0n) is 19.0. The molecule has 2 rings (SSSR count). The van der Waals surface area contributed by atoms with Crippen LogP contribution in [0.2, 0.25) is 0 Å². The van der Waals surface area contributed by atoms with Gasteiger partial charge in [-0.1, -0.05) is 38.3 Å². The Morgan fingerprint density at radius 2 is 1.61 bits per heavy atom. The van der Waals surface area contributed by atoms with Crippen molar-refractivity contribution in [1.82, 2.24) is 16.2 Å². The highest BCUT2D eigenvalue weighted by molar-refractivity contribution is 7.80. The molecule has 0 aliphatic rings. The molecular formula is C24H31N3O5S. The number of ether oxygens (including phenoxy) is 3. The number of nitrogens with one attached hydrogen (secondary N) is 3. The standard InChI is InChI=1S/C24H31N3O5S/c1-3-4-5-8-15-31-19-13-11-18(12-14-19)22(28)26-27-24(33)25-23(29)20-9-6-7-10-21(20)32-17-16-30-2/h6-7,9-14H,3-5,8,15-17H2,1-2H3,(H,26,28)(H2,25,27,29,33). The van der Waals surface area contributed by atoms with Crippen LogP contribution in [0, 0.1) is 0 Å². The van der Waals surface area contributed by atoms with Gasteiger partial charge in [-0.15, -0.1) is 0 Å². The smallest absolute Gasteiger partial charge is 0.269 e. The highest BCUT2D eigenvalue weighted by Gasteiger charge is 2.14. The average molecular weight is 474 g/mol. The zero-order chi connectivity index (χ0) is 23.9. The highest BCUT2D eigenvalue weighted by atomic mass is 32.1. The van der Waals surface area contributed by atoms with Crippen LogP contribution in [0.15, 0.2) is 48.5 Å². The van der Waals surface area contributed by atoms with E-state index in [2.05, 4.69) is 23.1 Å². The van der Waals surface area contributed by atoms with Crippen LogP contribution in [0.5, 0.6) is 11.5 Å². The molecule has 2 amide bonds. The van der Waals surface area contributed by atoms with Gasteiger partial charge in [-0.3, -0.25) is 25.8 Å². The van der Waals surface area contributed by atoms with Crippen LogP contribution in [0.3, 0.4) is 0 Å². The predicted molar refractivity (Wildman–Crippen MR) is 131 cm³/mol. The fraction of sp³-hybridized carbons (Fsp3) is 0.375. The second kappa shape index (κ2) is 14.8. The first kappa shape index (κ1) is 26.1. The van der Waals surface area contributed by atoms with Gasteiger partial charge in [0.25, 0.3) is 11.8 Å². The zero-order valence-corrected chi connectivity index (χ0v) is 19.8. The lowest BCUT2D eigenvalue weighted by Crippen LogP contribution is -2.48. The molecule has 0 radical (unpaired) electrons. The van der Waals surface area contributed by atoms with Crippen LogP contribution in [-0.2, 0) is 4.74 Å². The van der Waals surface area contributed by atoms with E-state index in [4.69, 9.17) is 26.4 Å². The molecule has 9 heteroatoms. The molecule has 33 heavy (non-hydrogen) atoms. The monoisotopic (exact) mass is 473 g/mol. The predicted octanol–water partition coefficient (Wildman–Crippen LogP) is 3.62. The van der Waals surface area contributed by atoms with Crippen molar-refractivity contribution in [3.63, 3.8) is 0 Å². The Labute approximate surface area is 200 Å². The topological polar surface area (TPSA) is 97.9 Å². The molecule has 2 aromatic rings. The molecule has 0 aromatic heterocycles. The van der Waals surface area contributed by atoms with Crippen LogP contribution < -0.4 is 25.6 Å². The van der Waals surface area contributed by atoms with E-state index in [-0.39, 0.29) is 5.11 Å². The Morgan fingerprint density at radius 3 is 2.33 bits per heavy atom. The van der Waals surface area contributed by atoms with Crippen LogP contribution in [-0.4, -0.2) is 43.9 Å². The molecule has 2 aromatic carbocycles. The Balaban J connectivity index is 1.79. The minimum atomic E-state index is -0.463. The van der Waals surface area contributed by atoms with Gasteiger partial charge >= 0.3 is 0 Å². The fourth-order valence-electron chi connectivity index (χ4n) is 2.82. The van der Waals surface area contributed by atoms with E-state index in [0.29, 0.717) is 42.4 Å². The number of hydrazine groups is 1. The molecule has 3 N–H and O–H groups in total. The molecule has 8 nitrogen and oxygen atoms in total. The van der Waals surface area contributed by atoms with Crippen LogP contribution in [0.4, 0.5) is 0 Å². The lowest BCUT2D eigenvalue weighted by atomic mass is 10.2. The molecule has 0 atom stereocenters. The minimum absolute atomic E-state index is 0.0490. The highest BCUT2D eigenvalue weighted by Crippen LogP contribution is 2.17. The van der Waals surface area contributed by atoms with Gasteiger partial charge in [0.2, 0.25) is 0 Å². The summed E-state index contributed by atoms with van der Waals surface area (Å²) in [5, 5.41) is 2.47. The number of carbonyl (C=O) groups excluding carboxylic acids is 2. The van der Waals surface area contributed by atoms with Crippen molar-refractivity contribution in [2.75, 3.05) is 26.9 Å². The summed E-state index contributed by atoms with van der Waals surface area (Å²) in [6, 6.07) is 13.6. The normalized spacial score (nSPS) is 10.2. The van der Waals surface area contributed by atoms with E-state index in [1.165, 1.54) is 12.8 Å². The van der Waals surface area contributed by atoms with Crippen molar-refractivity contribution in [2.24, 2.45) is 0 Å². The maximum absolute atomic E-state index is 12.5. The van der Waals surface area contributed by atoms with Crippen molar-refractivity contribution in [1.29, 1.82) is 0 Å². The van der Waals surface area contributed by atoms with E-state index in [0.717, 1.165) is 12.8 Å². The van der Waals surface area contributed by atoms with Crippen LogP contribution in [0.25, 0.3) is 0 Å². The minimum Gasteiger partial charge on any atom is -0.494 e. The van der Waals surface area contributed by atoms with Crippen molar-refractivity contribution >= 4 is 29.1 Å². The third kappa shape index (κ3) is 9.46. The van der Waals surface area contributed by atoms with Crippen molar-refractivity contribution in [3.05, 3.63) is 59.7 Å². The number of amides is 2. The number of hydrogen-bond donors (Lipinski definition) is 3. The number of para-hydroxylation sites is 1. The van der Waals surface area contributed by atoms with Crippen molar-refractivity contribution < 1.29 is 23.8 Å². The molecule has 0 spiro atoms. The first-order chi connectivity index (χ1) is 16.0. The largest absolute Gasteiger partial charge is 0.494 e. The summed E-state index contributed by atoms with van der Waals surface area (Å²) in [4.78, 5) is 24.9. The van der Waals surface area contributed by atoms with Gasteiger partial charge in [-0.2, -0.15) is 0 Å². The van der Waals surface area contributed by atoms with Crippen LogP contribution >= 0.6 is 12.2 Å². The second-order valence-corrected chi connectivity index (χ2v) is 7.54. The van der Waals surface area contributed by atoms with E-state index in [1.54, 1.807) is 55.6 Å². The first-order valence-electron chi connectivity index (χ1n) is 10.9. The van der Waals surface area contributed by atoms with Gasteiger partial charge in [-0.25, -0.2) is 0 Å². The molecule has 0 aliphatic heterocycles. The maximum Gasteiger partial charge on any atom is 0.269 e. The summed E-state index contributed by atoms with van der Waals surface area (Å²) >= 11 is 5.11. The molecule has 0 unspecified atom stereocenters. The van der Waals surface area contributed by atoms with Gasteiger partial charge in [0.1, 0.15) is 18.1 Å². The Kier molecular flexibility index (Phi) is 11.7. The number of thiocarbonyl (C=S) groups is 1. The summed E-state index contributed by atoms with van der Waals surface area (Å²) in [6.07, 6.45) is 4.53. The maximum atomic E-state index is 12.5. The fourth-order valence-corrected chi connectivity index (χ4v) is 2.97. The average Bonchev–Trinajstić information content (AvgIpc) is 2.83. The first-order valence-corrected chi connectivity index (χ1v) is 11.3.